The second-order valence-corrected chi connectivity index (χ2v) is 9.15. The predicted molar refractivity (Wildman–Crippen MR) is 115 cm³/mol. The van der Waals surface area contributed by atoms with E-state index < -0.39 is 16.1 Å². The van der Waals surface area contributed by atoms with Gasteiger partial charge in [-0.2, -0.15) is 0 Å². The lowest BCUT2D eigenvalue weighted by molar-refractivity contribution is 0.250. The highest BCUT2D eigenvalue weighted by molar-refractivity contribution is 7.55. The molecule has 0 aliphatic heterocycles. The van der Waals surface area contributed by atoms with Crippen LogP contribution in [0.25, 0.3) is 6.08 Å². The van der Waals surface area contributed by atoms with E-state index in [1.165, 1.54) is 11.1 Å². The van der Waals surface area contributed by atoms with Crippen molar-refractivity contribution < 1.29 is 32.5 Å². The van der Waals surface area contributed by atoms with Crippen molar-refractivity contribution in [2.24, 2.45) is 0 Å². The fourth-order valence-electron chi connectivity index (χ4n) is 2.22. The van der Waals surface area contributed by atoms with Crippen LogP contribution in [0.1, 0.15) is 46.1 Å². The van der Waals surface area contributed by atoms with Gasteiger partial charge in [0, 0.05) is 4.57 Å². The Balaban J connectivity index is 2.46. The first-order valence-electron chi connectivity index (χ1n) is 9.09. The topological polar surface area (TPSA) is 102 Å². The van der Waals surface area contributed by atoms with Gasteiger partial charge < -0.3 is 14.5 Å². The standard InChI is InChI=1S/C20H28O7P2/c1-16(2)6-5-7-17(3)12-13-25-20-10-8-19(9-11-20)14-18(4)15-26-28(21)27-29(22,23)24/h6,8-12,14H,5,7,13,15H2,1-4H3,(H-,22,23,24)/p+1/b17-12+,18-14+. The van der Waals surface area contributed by atoms with E-state index in [2.05, 4.69) is 37.2 Å². The highest BCUT2D eigenvalue weighted by atomic mass is 31.2. The summed E-state index contributed by atoms with van der Waals surface area (Å²) in [6, 6.07) is 7.44. The zero-order valence-electron chi connectivity index (χ0n) is 17.2. The van der Waals surface area contributed by atoms with Crippen LogP contribution in [-0.2, 0) is 18.0 Å². The van der Waals surface area contributed by atoms with Crippen LogP contribution in [-0.4, -0.2) is 23.0 Å². The van der Waals surface area contributed by atoms with Crippen LogP contribution < -0.4 is 4.74 Å². The fourth-order valence-corrected chi connectivity index (χ4v) is 3.41. The van der Waals surface area contributed by atoms with Gasteiger partial charge in [0.15, 0.2) is 0 Å². The SMILES string of the molecule is CC(C)=CCC/C(C)=C/COc1ccc(/C=C(\C)CO[P+](=O)OP(=O)(O)O)cc1. The Kier molecular flexibility index (Phi) is 11.3. The lowest BCUT2D eigenvalue weighted by Gasteiger charge is -2.05. The molecule has 0 amide bonds. The Labute approximate surface area is 173 Å². The van der Waals surface area contributed by atoms with Gasteiger partial charge >= 0.3 is 16.1 Å². The maximum Gasteiger partial charge on any atom is 0.708 e. The lowest BCUT2D eigenvalue weighted by atomic mass is 10.1. The average molecular weight is 443 g/mol. The Morgan fingerprint density at radius 3 is 2.31 bits per heavy atom. The molecule has 0 aliphatic rings. The van der Waals surface area contributed by atoms with E-state index in [1.807, 2.05) is 24.3 Å². The second-order valence-electron chi connectivity index (χ2n) is 6.81. The smallest absolute Gasteiger partial charge is 0.490 e. The molecule has 7 nitrogen and oxygen atoms in total. The molecule has 0 bridgehead atoms. The molecule has 1 atom stereocenters. The maximum atomic E-state index is 11.3. The van der Waals surface area contributed by atoms with Gasteiger partial charge in [0.05, 0.1) is 0 Å². The molecule has 0 aliphatic carbocycles. The molecule has 0 saturated carbocycles. The van der Waals surface area contributed by atoms with E-state index in [0.717, 1.165) is 24.2 Å². The number of benzene rings is 1. The monoisotopic (exact) mass is 443 g/mol. The van der Waals surface area contributed by atoms with Crippen LogP contribution in [0.3, 0.4) is 0 Å². The highest BCUT2D eigenvalue weighted by Gasteiger charge is 2.34. The molecule has 1 unspecified atom stereocenters. The van der Waals surface area contributed by atoms with E-state index in [-0.39, 0.29) is 6.61 Å². The second kappa shape index (κ2) is 12.9. The largest absolute Gasteiger partial charge is 0.708 e. The van der Waals surface area contributed by atoms with E-state index in [9.17, 15) is 9.13 Å². The van der Waals surface area contributed by atoms with Crippen molar-refractivity contribution in [1.29, 1.82) is 0 Å². The van der Waals surface area contributed by atoms with Crippen molar-refractivity contribution in [3.63, 3.8) is 0 Å². The van der Waals surface area contributed by atoms with Gasteiger partial charge in [-0.3, -0.25) is 0 Å². The number of rotatable bonds is 12. The first-order valence-corrected chi connectivity index (χ1v) is 11.7. The summed E-state index contributed by atoms with van der Waals surface area (Å²) in [5.74, 6) is 0.752. The molecule has 0 aromatic heterocycles. The molecule has 0 radical (unpaired) electrons. The number of hydrogen-bond acceptors (Lipinski definition) is 5. The van der Waals surface area contributed by atoms with Gasteiger partial charge in [-0.25, -0.2) is 4.57 Å². The molecule has 1 aromatic carbocycles. The normalized spacial score (nSPS) is 13.2. The van der Waals surface area contributed by atoms with Crippen LogP contribution >= 0.6 is 16.1 Å². The zero-order valence-corrected chi connectivity index (χ0v) is 19.0. The average Bonchev–Trinajstić information content (AvgIpc) is 2.60. The van der Waals surface area contributed by atoms with Crippen molar-refractivity contribution in [2.75, 3.05) is 13.2 Å². The molecule has 160 valence electrons. The van der Waals surface area contributed by atoms with Gasteiger partial charge in [-0.15, -0.1) is 4.52 Å². The molecule has 0 saturated heterocycles. The molecule has 29 heavy (non-hydrogen) atoms. The Morgan fingerprint density at radius 2 is 1.72 bits per heavy atom. The van der Waals surface area contributed by atoms with Crippen molar-refractivity contribution in [1.82, 2.24) is 0 Å². The van der Waals surface area contributed by atoms with Crippen molar-refractivity contribution in [3.05, 3.63) is 58.7 Å². The molecule has 1 rings (SSSR count). The third kappa shape index (κ3) is 13.3. The van der Waals surface area contributed by atoms with E-state index in [1.54, 1.807) is 13.0 Å². The van der Waals surface area contributed by atoms with E-state index in [0.29, 0.717) is 12.2 Å². The molecule has 0 spiro atoms. The van der Waals surface area contributed by atoms with Gasteiger partial charge in [0.25, 0.3) is 0 Å². The van der Waals surface area contributed by atoms with Gasteiger partial charge in [-0.1, -0.05) is 35.4 Å². The Bertz CT molecular complexity index is 801. The minimum Gasteiger partial charge on any atom is -0.490 e. The summed E-state index contributed by atoms with van der Waals surface area (Å²) < 4.78 is 36.3. The molecule has 1 aromatic rings. The zero-order chi connectivity index (χ0) is 21.9. The number of hydrogen-bond donors (Lipinski definition) is 2. The molecular weight excluding hydrogens is 414 g/mol. The minimum atomic E-state index is -4.83. The fraction of sp³-hybridized carbons (Fsp3) is 0.400. The summed E-state index contributed by atoms with van der Waals surface area (Å²) >= 11 is 0. The third-order valence-corrected chi connectivity index (χ3v) is 5.36. The molecule has 2 N–H and O–H groups in total. The van der Waals surface area contributed by atoms with Gasteiger partial charge in [0.1, 0.15) is 19.0 Å². The molecule has 9 heteroatoms. The highest BCUT2D eigenvalue weighted by Crippen LogP contribution is 2.47. The van der Waals surface area contributed by atoms with Crippen molar-refractivity contribution >= 4 is 22.2 Å². The summed E-state index contributed by atoms with van der Waals surface area (Å²) in [7, 11) is -7.71. The first-order chi connectivity index (χ1) is 13.5. The summed E-state index contributed by atoms with van der Waals surface area (Å²) in [6.45, 7) is 8.46. The van der Waals surface area contributed by atoms with Crippen LogP contribution in [0.5, 0.6) is 5.75 Å². The molecule has 0 heterocycles. The molecule has 0 fully saturated rings. The summed E-state index contributed by atoms with van der Waals surface area (Å²) in [5, 5.41) is 0. The maximum absolute atomic E-state index is 11.3. The minimum absolute atomic E-state index is 0.0791. The van der Waals surface area contributed by atoms with Crippen molar-refractivity contribution in [2.45, 2.75) is 40.5 Å². The summed E-state index contributed by atoms with van der Waals surface area (Å²) in [4.78, 5) is 17.1. The van der Waals surface area contributed by atoms with Crippen LogP contribution in [0.15, 0.2) is 53.1 Å². The van der Waals surface area contributed by atoms with Gasteiger partial charge in [0.2, 0.25) is 0 Å². The number of ether oxygens (including phenoxy) is 1. The van der Waals surface area contributed by atoms with Crippen LogP contribution in [0, 0.1) is 0 Å². The van der Waals surface area contributed by atoms with Gasteiger partial charge in [-0.05, 0) is 74.2 Å². The first kappa shape index (κ1) is 25.4. The summed E-state index contributed by atoms with van der Waals surface area (Å²) in [5.41, 5.74) is 4.22. The van der Waals surface area contributed by atoms with E-state index in [4.69, 9.17) is 19.0 Å². The quantitative estimate of drug-likeness (QED) is 0.304. The Hall–Kier alpha value is -1.59. The lowest BCUT2D eigenvalue weighted by Crippen LogP contribution is -1.95. The molecular formula is C20H29O7P2+. The summed E-state index contributed by atoms with van der Waals surface area (Å²) in [6.07, 6.45) is 8.16. The number of phosphoric acid groups is 1. The van der Waals surface area contributed by atoms with E-state index >= 15 is 0 Å². The third-order valence-electron chi connectivity index (χ3n) is 3.64. The number of allylic oxidation sites excluding steroid dienone is 3. The van der Waals surface area contributed by atoms with Crippen LogP contribution in [0.4, 0.5) is 0 Å². The Morgan fingerprint density at radius 1 is 1.07 bits per heavy atom. The van der Waals surface area contributed by atoms with Crippen LogP contribution in [0.2, 0.25) is 0 Å². The van der Waals surface area contributed by atoms with Crippen molar-refractivity contribution in [3.8, 4) is 5.75 Å². The predicted octanol–water partition coefficient (Wildman–Crippen LogP) is 5.94.